The van der Waals surface area contributed by atoms with Crippen molar-refractivity contribution < 1.29 is 0 Å². The summed E-state index contributed by atoms with van der Waals surface area (Å²) in [5.41, 5.74) is 0. The van der Waals surface area contributed by atoms with E-state index in [1.54, 1.807) is 0 Å². The summed E-state index contributed by atoms with van der Waals surface area (Å²) in [5.74, 6) is 0. The second kappa shape index (κ2) is 9.38. The third kappa shape index (κ3) is 8.89. The maximum Gasteiger partial charge on any atom is 0.118 e. The molecule has 0 rings (SSSR count). The summed E-state index contributed by atoms with van der Waals surface area (Å²) in [6.07, 6.45) is 2.67. The van der Waals surface area contributed by atoms with Crippen LogP contribution >= 0.6 is 17.0 Å². The molecule has 0 unspecified atom stereocenters. The van der Waals surface area contributed by atoms with E-state index in [4.69, 9.17) is 0 Å². The fourth-order valence-electron chi connectivity index (χ4n) is 0.204. The van der Waals surface area contributed by atoms with Gasteiger partial charge in [-0.25, -0.2) is 0 Å². The molecule has 0 aromatic carbocycles. The molecule has 2 radical (unpaired) electrons. The highest BCUT2D eigenvalue weighted by Gasteiger charge is 1.67. The van der Waals surface area contributed by atoms with Crippen molar-refractivity contribution in [1.29, 1.82) is 0 Å². The van der Waals surface area contributed by atoms with E-state index in [2.05, 4.69) is 23.2 Å². The molecule has 0 aliphatic rings. The number of halogens is 1. The van der Waals surface area contributed by atoms with E-state index >= 15 is 0 Å². The number of hydrogen-bond donors (Lipinski definition) is 0. The van der Waals surface area contributed by atoms with E-state index in [0.29, 0.717) is 0 Å². The molecule has 0 aromatic heterocycles. The SMILES string of the molecule is Br.CCC[CH2][Al]. The number of rotatable bonds is 2. The van der Waals surface area contributed by atoms with Gasteiger partial charge in [-0.3, -0.25) is 0 Å². The van der Waals surface area contributed by atoms with Crippen LogP contribution in [0.3, 0.4) is 0 Å². The summed E-state index contributed by atoms with van der Waals surface area (Å²) >= 11 is 2.70. The lowest BCUT2D eigenvalue weighted by Crippen LogP contribution is -1.63. The normalized spacial score (nSPS) is 6.83. The maximum absolute atomic E-state index is 2.70. The van der Waals surface area contributed by atoms with Gasteiger partial charge in [0.05, 0.1) is 0 Å². The van der Waals surface area contributed by atoms with Crippen LogP contribution in [0.15, 0.2) is 0 Å². The monoisotopic (exact) mass is 164 g/mol. The fourth-order valence-corrected chi connectivity index (χ4v) is 0.612. The maximum atomic E-state index is 2.70. The molecule has 0 aromatic rings. The van der Waals surface area contributed by atoms with Gasteiger partial charge < -0.3 is 0 Å². The quantitative estimate of drug-likeness (QED) is 0.548. The first-order chi connectivity index (χ1) is 2.41. The van der Waals surface area contributed by atoms with E-state index in [0.717, 1.165) is 0 Å². The van der Waals surface area contributed by atoms with Gasteiger partial charge in [-0.15, -0.1) is 22.3 Å². The van der Waals surface area contributed by atoms with Crippen LogP contribution in [0.1, 0.15) is 19.8 Å². The predicted octanol–water partition coefficient (Wildman–Crippen LogP) is 1.95. The number of unbranched alkanes of at least 4 members (excludes halogenated alkanes) is 1. The van der Waals surface area contributed by atoms with Gasteiger partial charge in [0, 0.05) is 0 Å². The predicted molar refractivity (Wildman–Crippen MR) is 35.8 cm³/mol. The second-order valence-corrected chi connectivity index (χ2v) is 1.72. The molecule has 0 aliphatic carbocycles. The Labute approximate surface area is 58.5 Å². The molecule has 6 heavy (non-hydrogen) atoms. The lowest BCUT2D eigenvalue weighted by Gasteiger charge is -1.79. The summed E-state index contributed by atoms with van der Waals surface area (Å²) in [7, 11) is 0. The zero-order chi connectivity index (χ0) is 4.12. The van der Waals surface area contributed by atoms with E-state index in [-0.39, 0.29) is 17.0 Å². The Kier molecular flexibility index (Phi) is 15.8. The van der Waals surface area contributed by atoms with Crippen LogP contribution < -0.4 is 0 Å². The van der Waals surface area contributed by atoms with Gasteiger partial charge >= 0.3 is 0 Å². The average molecular weight is 165 g/mol. The molecule has 0 bridgehead atoms. The van der Waals surface area contributed by atoms with Gasteiger partial charge in [-0.05, 0) is 0 Å². The Morgan fingerprint density at radius 3 is 2.00 bits per heavy atom. The van der Waals surface area contributed by atoms with Gasteiger partial charge in [0.2, 0.25) is 0 Å². The Balaban J connectivity index is 0. The summed E-state index contributed by atoms with van der Waals surface area (Å²) in [4.78, 5) is 0. The van der Waals surface area contributed by atoms with Gasteiger partial charge in [-0.2, -0.15) is 0 Å². The third-order valence-electron chi connectivity index (χ3n) is 0.558. The highest BCUT2D eigenvalue weighted by Crippen LogP contribution is 1.86. The van der Waals surface area contributed by atoms with Crippen LogP contribution in [0.5, 0.6) is 0 Å². The van der Waals surface area contributed by atoms with Crippen molar-refractivity contribution >= 4 is 33.3 Å². The molecule has 0 atom stereocenters. The van der Waals surface area contributed by atoms with Gasteiger partial charge in [0.25, 0.3) is 0 Å². The molecular weight excluding hydrogens is 155 g/mol. The molecule has 0 amide bonds. The zero-order valence-electron chi connectivity index (χ0n) is 4.11. The molecule has 0 saturated heterocycles. The summed E-state index contributed by atoms with van der Waals surface area (Å²) in [6.45, 7) is 2.20. The molecular formula is C4H10AlBr. The van der Waals surface area contributed by atoms with Crippen molar-refractivity contribution in [1.82, 2.24) is 0 Å². The third-order valence-corrected chi connectivity index (χ3v) is 0.966. The Morgan fingerprint density at radius 1 is 1.50 bits per heavy atom. The van der Waals surface area contributed by atoms with Crippen LogP contribution in [-0.2, 0) is 0 Å². The van der Waals surface area contributed by atoms with Crippen molar-refractivity contribution in [3.05, 3.63) is 0 Å². The topological polar surface area (TPSA) is 0 Å². The van der Waals surface area contributed by atoms with Gasteiger partial charge in [0.15, 0.2) is 0 Å². The highest BCUT2D eigenvalue weighted by molar-refractivity contribution is 8.93. The lowest BCUT2D eigenvalue weighted by atomic mass is 10.4. The highest BCUT2D eigenvalue weighted by atomic mass is 79.9. The lowest BCUT2D eigenvalue weighted by molar-refractivity contribution is 0.884. The second-order valence-electron chi connectivity index (χ2n) is 1.14. The van der Waals surface area contributed by atoms with Crippen molar-refractivity contribution in [2.45, 2.75) is 25.0 Å². The van der Waals surface area contributed by atoms with Crippen molar-refractivity contribution in [2.75, 3.05) is 0 Å². The summed E-state index contributed by atoms with van der Waals surface area (Å²) in [6, 6.07) is 0. The Bertz CT molecular complexity index is 15.0. The molecule has 0 saturated carbocycles. The number of hydrogen-bond acceptors (Lipinski definition) is 0. The molecule has 0 heterocycles. The largest absolute Gasteiger partial charge is 0.118 e. The van der Waals surface area contributed by atoms with E-state index in [9.17, 15) is 0 Å². The van der Waals surface area contributed by atoms with E-state index < -0.39 is 0 Å². The van der Waals surface area contributed by atoms with E-state index in [1.807, 2.05) is 0 Å². The molecule has 36 valence electrons. The minimum absolute atomic E-state index is 0. The molecule has 0 fully saturated rings. The molecule has 0 N–H and O–H groups in total. The molecule has 2 heteroatoms. The molecule has 0 spiro atoms. The minimum Gasteiger partial charge on any atom is -0.118 e. The first kappa shape index (κ1) is 10.1. The molecule has 0 nitrogen and oxygen atoms in total. The van der Waals surface area contributed by atoms with Crippen molar-refractivity contribution in [3.63, 3.8) is 0 Å². The first-order valence-corrected chi connectivity index (χ1v) is 2.93. The molecule has 0 aliphatic heterocycles. The van der Waals surface area contributed by atoms with Crippen LogP contribution in [-0.4, -0.2) is 16.3 Å². The van der Waals surface area contributed by atoms with E-state index in [1.165, 1.54) is 18.1 Å². The van der Waals surface area contributed by atoms with Gasteiger partial charge in [-0.1, -0.05) is 19.8 Å². The average Bonchev–Trinajstić information content (AvgIpc) is 1.41. The standard InChI is InChI=1S/C4H9.Al.BrH/c1-3-4-2;;/h1,3-4H2,2H3;;1H. The fraction of sp³-hybridized carbons (Fsp3) is 1.00. The zero-order valence-corrected chi connectivity index (χ0v) is 6.97. The Hall–Kier alpha value is 1.01. The van der Waals surface area contributed by atoms with Crippen LogP contribution in [0.25, 0.3) is 0 Å². The van der Waals surface area contributed by atoms with Crippen molar-refractivity contribution in [3.8, 4) is 0 Å². The van der Waals surface area contributed by atoms with Crippen LogP contribution in [0.4, 0.5) is 0 Å². The first-order valence-electron chi connectivity index (χ1n) is 2.12. The van der Waals surface area contributed by atoms with Crippen LogP contribution in [0, 0.1) is 0 Å². The summed E-state index contributed by atoms with van der Waals surface area (Å²) in [5, 5.41) is 1.26. The Morgan fingerprint density at radius 2 is 2.00 bits per heavy atom. The van der Waals surface area contributed by atoms with Gasteiger partial charge in [0.1, 0.15) is 16.3 Å². The van der Waals surface area contributed by atoms with Crippen LogP contribution in [0.2, 0.25) is 5.28 Å². The summed E-state index contributed by atoms with van der Waals surface area (Å²) < 4.78 is 0. The van der Waals surface area contributed by atoms with Crippen molar-refractivity contribution in [2.24, 2.45) is 0 Å². The minimum atomic E-state index is 0. The smallest absolute Gasteiger partial charge is 0.118 e.